The highest BCUT2D eigenvalue weighted by atomic mass is 35.5. The van der Waals surface area contributed by atoms with Crippen molar-refractivity contribution in [3.63, 3.8) is 0 Å². The fourth-order valence-corrected chi connectivity index (χ4v) is 2.71. The number of benzene rings is 1. The number of nitrogens with zero attached hydrogens (tertiary/aromatic N) is 2. The molecule has 0 bridgehead atoms. The van der Waals surface area contributed by atoms with Crippen LogP contribution in [0.4, 0.5) is 0 Å². The minimum absolute atomic E-state index is 0.0178. The van der Waals surface area contributed by atoms with E-state index in [0.717, 1.165) is 5.56 Å². The van der Waals surface area contributed by atoms with E-state index in [1.54, 1.807) is 55.2 Å². The number of hydrogen-bond acceptors (Lipinski definition) is 3. The average Bonchev–Trinajstić information content (AvgIpc) is 2.84. The maximum absolute atomic E-state index is 11.9. The third-order valence-electron chi connectivity index (χ3n) is 2.91. The molecule has 108 valence electrons. The first-order valence-electron chi connectivity index (χ1n) is 6.16. The minimum atomic E-state index is -3.35. The second-order valence-corrected chi connectivity index (χ2v) is 6.90. The Hall–Kier alpha value is -1.37. The topological polar surface area (TPSA) is 64.0 Å². The molecule has 1 aromatic heterocycles. The molecular weight excluding hydrogens is 298 g/mol. The molecule has 0 unspecified atom stereocenters. The van der Waals surface area contributed by atoms with Gasteiger partial charge in [0.15, 0.2) is 0 Å². The number of aryl methyl sites for hydroxylation is 1. The van der Waals surface area contributed by atoms with E-state index in [-0.39, 0.29) is 5.75 Å². The lowest BCUT2D eigenvalue weighted by Gasteiger charge is -2.17. The quantitative estimate of drug-likeness (QED) is 0.919. The lowest BCUT2D eigenvalue weighted by Crippen LogP contribution is -2.31. The summed E-state index contributed by atoms with van der Waals surface area (Å²) in [5.41, 5.74) is 1.44. The molecule has 0 aliphatic carbocycles. The molecule has 0 saturated carbocycles. The summed E-state index contributed by atoms with van der Waals surface area (Å²) in [7, 11) is -1.56. The lowest BCUT2D eigenvalue weighted by atomic mass is 10.1. The van der Waals surface area contributed by atoms with Crippen LogP contribution < -0.4 is 4.72 Å². The normalized spacial score (nSPS) is 13.3. The summed E-state index contributed by atoms with van der Waals surface area (Å²) >= 11 is 5.87. The van der Waals surface area contributed by atoms with Crippen LogP contribution in [0.5, 0.6) is 0 Å². The summed E-state index contributed by atoms with van der Waals surface area (Å²) in [5.74, 6) is 0.0178. The molecule has 2 rings (SSSR count). The van der Waals surface area contributed by atoms with E-state index >= 15 is 0 Å². The van der Waals surface area contributed by atoms with Crippen LogP contribution in [0.3, 0.4) is 0 Å². The van der Waals surface area contributed by atoms with Gasteiger partial charge in [-0.3, -0.25) is 4.68 Å². The van der Waals surface area contributed by atoms with Gasteiger partial charge in [-0.1, -0.05) is 23.7 Å². The van der Waals surface area contributed by atoms with Crippen molar-refractivity contribution in [2.24, 2.45) is 7.05 Å². The first-order chi connectivity index (χ1) is 9.41. The van der Waals surface area contributed by atoms with Crippen molar-refractivity contribution in [3.8, 4) is 0 Å². The van der Waals surface area contributed by atoms with E-state index in [0.29, 0.717) is 10.7 Å². The van der Waals surface area contributed by atoms with Crippen LogP contribution in [0.15, 0.2) is 36.5 Å². The van der Waals surface area contributed by atoms with Crippen LogP contribution in [-0.4, -0.2) is 24.0 Å². The van der Waals surface area contributed by atoms with Gasteiger partial charge in [-0.05, 0) is 30.7 Å². The molecule has 1 atom stereocenters. The van der Waals surface area contributed by atoms with Gasteiger partial charge in [0.05, 0.1) is 17.5 Å². The SMILES string of the molecule is CCS(=O)(=O)N[C@@H](c1ccc(Cl)cc1)c1ccn(C)n1. The molecule has 7 heteroatoms. The van der Waals surface area contributed by atoms with E-state index in [9.17, 15) is 8.42 Å². The Morgan fingerprint density at radius 2 is 1.95 bits per heavy atom. The van der Waals surface area contributed by atoms with Crippen LogP contribution in [-0.2, 0) is 17.1 Å². The third-order valence-corrected chi connectivity index (χ3v) is 4.52. The Kier molecular flexibility index (Phi) is 4.47. The third kappa shape index (κ3) is 3.59. The molecule has 0 fully saturated rings. The highest BCUT2D eigenvalue weighted by Crippen LogP contribution is 2.23. The van der Waals surface area contributed by atoms with Gasteiger partial charge in [0.25, 0.3) is 0 Å². The zero-order chi connectivity index (χ0) is 14.8. The lowest BCUT2D eigenvalue weighted by molar-refractivity contribution is 0.569. The molecule has 1 N–H and O–H groups in total. The number of nitrogens with one attached hydrogen (secondary N) is 1. The van der Waals surface area contributed by atoms with Gasteiger partial charge in [-0.15, -0.1) is 0 Å². The molecule has 1 heterocycles. The van der Waals surface area contributed by atoms with E-state index in [1.165, 1.54) is 0 Å². The summed E-state index contributed by atoms with van der Waals surface area (Å²) in [6.45, 7) is 1.60. The molecule has 1 aromatic carbocycles. The van der Waals surface area contributed by atoms with Gasteiger partial charge in [0.1, 0.15) is 0 Å². The fourth-order valence-electron chi connectivity index (χ4n) is 1.80. The molecule has 2 aromatic rings. The van der Waals surface area contributed by atoms with Crippen molar-refractivity contribution in [1.29, 1.82) is 0 Å². The van der Waals surface area contributed by atoms with E-state index in [1.807, 2.05) is 0 Å². The Balaban J connectivity index is 2.41. The zero-order valence-electron chi connectivity index (χ0n) is 11.2. The fraction of sp³-hybridized carbons (Fsp3) is 0.308. The predicted octanol–water partition coefficient (Wildman–Crippen LogP) is 2.10. The second-order valence-electron chi connectivity index (χ2n) is 4.42. The average molecular weight is 314 g/mol. The van der Waals surface area contributed by atoms with Gasteiger partial charge in [-0.25, -0.2) is 13.1 Å². The van der Waals surface area contributed by atoms with Gasteiger partial charge in [0.2, 0.25) is 10.0 Å². The molecule has 0 saturated heterocycles. The first kappa shape index (κ1) is 15.0. The smallest absolute Gasteiger partial charge is 0.212 e. The summed E-state index contributed by atoms with van der Waals surface area (Å²) in [6, 6.07) is 8.32. The minimum Gasteiger partial charge on any atom is -0.275 e. The number of aromatic nitrogens is 2. The summed E-state index contributed by atoms with van der Waals surface area (Å²) in [5, 5.41) is 4.89. The Morgan fingerprint density at radius 3 is 2.45 bits per heavy atom. The summed E-state index contributed by atoms with van der Waals surface area (Å²) in [6.07, 6.45) is 1.78. The van der Waals surface area contributed by atoms with Gasteiger partial charge in [0, 0.05) is 18.3 Å². The highest BCUT2D eigenvalue weighted by molar-refractivity contribution is 7.89. The molecular formula is C13H16ClN3O2S. The Bertz CT molecular complexity index is 680. The van der Waals surface area contributed by atoms with Crippen molar-refractivity contribution in [2.75, 3.05) is 5.75 Å². The Labute approximate surface area is 123 Å². The molecule has 0 spiro atoms. The van der Waals surface area contributed by atoms with Crippen molar-refractivity contribution in [3.05, 3.63) is 52.8 Å². The summed E-state index contributed by atoms with van der Waals surface area (Å²) < 4.78 is 28.0. The summed E-state index contributed by atoms with van der Waals surface area (Å²) in [4.78, 5) is 0. The number of halogens is 1. The van der Waals surface area contributed by atoms with Gasteiger partial charge >= 0.3 is 0 Å². The van der Waals surface area contributed by atoms with Crippen LogP contribution in [0.2, 0.25) is 5.02 Å². The Morgan fingerprint density at radius 1 is 1.30 bits per heavy atom. The monoisotopic (exact) mass is 313 g/mol. The van der Waals surface area contributed by atoms with Crippen LogP contribution in [0.25, 0.3) is 0 Å². The largest absolute Gasteiger partial charge is 0.275 e. The maximum atomic E-state index is 11.9. The number of sulfonamides is 1. The predicted molar refractivity (Wildman–Crippen MR) is 79.1 cm³/mol. The molecule has 0 amide bonds. The van der Waals surface area contributed by atoms with Crippen LogP contribution >= 0.6 is 11.6 Å². The van der Waals surface area contributed by atoms with Gasteiger partial charge < -0.3 is 0 Å². The second kappa shape index (κ2) is 5.95. The molecule has 0 aliphatic heterocycles. The van der Waals surface area contributed by atoms with Crippen LogP contribution in [0, 0.1) is 0 Å². The van der Waals surface area contributed by atoms with Gasteiger partial charge in [-0.2, -0.15) is 5.10 Å². The molecule has 20 heavy (non-hydrogen) atoms. The van der Waals surface area contributed by atoms with E-state index < -0.39 is 16.1 Å². The van der Waals surface area contributed by atoms with Crippen molar-refractivity contribution in [2.45, 2.75) is 13.0 Å². The molecule has 0 radical (unpaired) electrons. The van der Waals surface area contributed by atoms with E-state index in [2.05, 4.69) is 9.82 Å². The van der Waals surface area contributed by atoms with E-state index in [4.69, 9.17) is 11.6 Å². The first-order valence-corrected chi connectivity index (χ1v) is 8.19. The standard InChI is InChI=1S/C13H16ClN3O2S/c1-3-20(18,19)16-13(12-8-9-17(2)15-12)10-4-6-11(14)7-5-10/h4-9,13,16H,3H2,1-2H3/t13-/m0/s1. The van der Waals surface area contributed by atoms with Crippen LogP contribution in [0.1, 0.15) is 24.2 Å². The van der Waals surface area contributed by atoms with Crippen molar-refractivity contribution in [1.82, 2.24) is 14.5 Å². The zero-order valence-corrected chi connectivity index (χ0v) is 12.8. The number of rotatable bonds is 5. The maximum Gasteiger partial charge on any atom is 0.212 e. The molecule has 5 nitrogen and oxygen atoms in total. The van der Waals surface area contributed by atoms with Crippen molar-refractivity contribution < 1.29 is 8.42 Å². The molecule has 0 aliphatic rings. The van der Waals surface area contributed by atoms with Crippen molar-refractivity contribution >= 4 is 21.6 Å². The number of hydrogen-bond donors (Lipinski definition) is 1. The highest BCUT2D eigenvalue weighted by Gasteiger charge is 2.22.